The molecule has 6 heteroatoms. The third kappa shape index (κ3) is 4.79. The summed E-state index contributed by atoms with van der Waals surface area (Å²) < 4.78 is 47.4. The molecule has 0 saturated heterocycles. The summed E-state index contributed by atoms with van der Waals surface area (Å²) in [6, 6.07) is 21.9. The lowest BCUT2D eigenvalue weighted by molar-refractivity contribution is -0.274. The monoisotopic (exact) mass is 369 g/mol. The van der Waals surface area contributed by atoms with Crippen molar-refractivity contribution in [3.05, 3.63) is 83.9 Å². The molecule has 136 valence electrons. The van der Waals surface area contributed by atoms with Crippen LogP contribution >= 0.6 is 0 Å². The van der Waals surface area contributed by atoms with Crippen LogP contribution in [0.4, 0.5) is 13.2 Å². The molecule has 0 bridgehead atoms. The number of hydrogen-bond donors (Lipinski definition) is 0. The van der Waals surface area contributed by atoms with Gasteiger partial charge in [0, 0.05) is 11.1 Å². The van der Waals surface area contributed by atoms with Gasteiger partial charge in [0.25, 0.3) is 0 Å². The number of benzene rings is 3. The fourth-order valence-corrected chi connectivity index (χ4v) is 2.59. The second-order valence-corrected chi connectivity index (χ2v) is 5.64. The van der Waals surface area contributed by atoms with Crippen molar-refractivity contribution in [3.63, 3.8) is 0 Å². The van der Waals surface area contributed by atoms with E-state index in [0.29, 0.717) is 23.5 Å². The highest BCUT2D eigenvalue weighted by molar-refractivity contribution is 5.76. The van der Waals surface area contributed by atoms with E-state index in [1.165, 1.54) is 12.1 Å². The molecular weight excluding hydrogens is 355 g/mol. The van der Waals surface area contributed by atoms with Crippen molar-refractivity contribution in [2.24, 2.45) is 0 Å². The molecule has 0 aliphatic heterocycles. The first-order chi connectivity index (χ1) is 13.0. The first kappa shape index (κ1) is 18.3. The zero-order valence-electron chi connectivity index (χ0n) is 14.0. The molecule has 0 atom stereocenters. The van der Waals surface area contributed by atoms with Gasteiger partial charge in [-0.2, -0.15) is 5.26 Å². The third-order valence-corrected chi connectivity index (χ3v) is 3.76. The van der Waals surface area contributed by atoms with Crippen LogP contribution in [-0.2, 0) is 6.61 Å². The number of nitriles is 1. The van der Waals surface area contributed by atoms with Gasteiger partial charge in [0.15, 0.2) is 0 Å². The van der Waals surface area contributed by atoms with Gasteiger partial charge < -0.3 is 9.47 Å². The number of para-hydroxylation sites is 1. The SMILES string of the molecule is N#Cc1ccc(OC(F)(F)F)cc1-c1ccccc1OCc1ccccc1. The van der Waals surface area contributed by atoms with E-state index in [1.54, 1.807) is 24.3 Å². The lowest BCUT2D eigenvalue weighted by Gasteiger charge is -2.15. The Morgan fingerprint density at radius 3 is 2.26 bits per heavy atom. The Morgan fingerprint density at radius 1 is 0.852 bits per heavy atom. The molecule has 0 aliphatic carbocycles. The fraction of sp³-hybridized carbons (Fsp3) is 0.0952. The summed E-state index contributed by atoms with van der Waals surface area (Å²) in [5, 5.41) is 9.35. The van der Waals surface area contributed by atoms with Crippen LogP contribution < -0.4 is 9.47 Å². The molecule has 0 aromatic heterocycles. The van der Waals surface area contributed by atoms with E-state index in [0.717, 1.165) is 11.6 Å². The minimum Gasteiger partial charge on any atom is -0.488 e. The van der Waals surface area contributed by atoms with E-state index >= 15 is 0 Å². The molecular formula is C21H14F3NO2. The van der Waals surface area contributed by atoms with Gasteiger partial charge in [-0.15, -0.1) is 13.2 Å². The van der Waals surface area contributed by atoms with Gasteiger partial charge in [0.05, 0.1) is 11.6 Å². The van der Waals surface area contributed by atoms with Gasteiger partial charge >= 0.3 is 6.36 Å². The fourth-order valence-electron chi connectivity index (χ4n) is 2.59. The maximum atomic E-state index is 12.5. The molecule has 3 aromatic carbocycles. The maximum absolute atomic E-state index is 12.5. The third-order valence-electron chi connectivity index (χ3n) is 3.76. The van der Waals surface area contributed by atoms with Gasteiger partial charge in [-0.25, -0.2) is 0 Å². The second kappa shape index (κ2) is 7.83. The molecule has 0 saturated carbocycles. The molecule has 0 heterocycles. The average molecular weight is 369 g/mol. The highest BCUT2D eigenvalue weighted by Crippen LogP contribution is 2.36. The summed E-state index contributed by atoms with van der Waals surface area (Å²) in [6.07, 6.45) is -4.81. The predicted molar refractivity (Wildman–Crippen MR) is 94.1 cm³/mol. The predicted octanol–water partition coefficient (Wildman–Crippen LogP) is 5.70. The highest BCUT2D eigenvalue weighted by atomic mass is 19.4. The number of alkyl halides is 3. The standard InChI is InChI=1S/C21H14F3NO2/c22-21(23,24)27-17-11-10-16(13-25)19(12-17)18-8-4-5-9-20(18)26-14-15-6-2-1-3-7-15/h1-12H,14H2. The highest BCUT2D eigenvalue weighted by Gasteiger charge is 2.31. The Bertz CT molecular complexity index is 963. The Hall–Kier alpha value is -3.46. The molecule has 0 spiro atoms. The van der Waals surface area contributed by atoms with E-state index < -0.39 is 12.1 Å². The average Bonchev–Trinajstić information content (AvgIpc) is 2.66. The van der Waals surface area contributed by atoms with Crippen molar-refractivity contribution < 1.29 is 22.6 Å². The first-order valence-electron chi connectivity index (χ1n) is 8.02. The summed E-state index contributed by atoms with van der Waals surface area (Å²) in [7, 11) is 0. The molecule has 0 N–H and O–H groups in total. The summed E-state index contributed by atoms with van der Waals surface area (Å²) in [5.41, 5.74) is 1.99. The normalized spacial score (nSPS) is 10.9. The zero-order valence-corrected chi connectivity index (χ0v) is 14.0. The quantitative estimate of drug-likeness (QED) is 0.579. The van der Waals surface area contributed by atoms with Crippen LogP contribution in [0.1, 0.15) is 11.1 Å². The van der Waals surface area contributed by atoms with E-state index in [1.807, 2.05) is 36.4 Å². The van der Waals surface area contributed by atoms with Crippen molar-refractivity contribution in [3.8, 4) is 28.7 Å². The van der Waals surface area contributed by atoms with Crippen molar-refractivity contribution in [1.29, 1.82) is 5.26 Å². The minimum atomic E-state index is -4.81. The molecule has 3 nitrogen and oxygen atoms in total. The molecule has 0 radical (unpaired) electrons. The minimum absolute atomic E-state index is 0.222. The van der Waals surface area contributed by atoms with Crippen LogP contribution in [0, 0.1) is 11.3 Å². The van der Waals surface area contributed by atoms with Crippen LogP contribution in [0.3, 0.4) is 0 Å². The largest absolute Gasteiger partial charge is 0.573 e. The Kier molecular flexibility index (Phi) is 5.32. The topological polar surface area (TPSA) is 42.2 Å². The molecule has 27 heavy (non-hydrogen) atoms. The molecule has 3 rings (SSSR count). The van der Waals surface area contributed by atoms with Gasteiger partial charge in [0.2, 0.25) is 0 Å². The van der Waals surface area contributed by atoms with Crippen LogP contribution in [0.5, 0.6) is 11.5 Å². The molecule has 3 aromatic rings. The molecule has 0 amide bonds. The van der Waals surface area contributed by atoms with Crippen molar-refractivity contribution in [2.45, 2.75) is 13.0 Å². The smallest absolute Gasteiger partial charge is 0.488 e. The molecule has 0 aliphatic rings. The van der Waals surface area contributed by atoms with E-state index in [-0.39, 0.29) is 5.56 Å². The zero-order chi connectivity index (χ0) is 19.3. The van der Waals surface area contributed by atoms with Crippen LogP contribution in [-0.4, -0.2) is 6.36 Å². The number of ether oxygens (including phenoxy) is 2. The molecule has 0 fully saturated rings. The lowest BCUT2D eigenvalue weighted by Crippen LogP contribution is -2.17. The summed E-state index contributed by atoms with van der Waals surface area (Å²) in [6.45, 7) is 0.290. The summed E-state index contributed by atoms with van der Waals surface area (Å²) in [4.78, 5) is 0. The van der Waals surface area contributed by atoms with E-state index in [2.05, 4.69) is 4.74 Å². The van der Waals surface area contributed by atoms with Crippen molar-refractivity contribution in [2.75, 3.05) is 0 Å². The van der Waals surface area contributed by atoms with Crippen LogP contribution in [0.2, 0.25) is 0 Å². The second-order valence-electron chi connectivity index (χ2n) is 5.64. The number of halogens is 3. The van der Waals surface area contributed by atoms with Gasteiger partial charge in [0.1, 0.15) is 18.1 Å². The lowest BCUT2D eigenvalue weighted by atomic mass is 9.99. The van der Waals surface area contributed by atoms with Crippen LogP contribution in [0.25, 0.3) is 11.1 Å². The number of rotatable bonds is 5. The van der Waals surface area contributed by atoms with Gasteiger partial charge in [-0.1, -0.05) is 48.5 Å². The Labute approximate surface area is 154 Å². The van der Waals surface area contributed by atoms with Crippen LogP contribution in [0.15, 0.2) is 72.8 Å². The summed E-state index contributed by atoms with van der Waals surface area (Å²) in [5.74, 6) is 0.0661. The summed E-state index contributed by atoms with van der Waals surface area (Å²) >= 11 is 0. The first-order valence-corrected chi connectivity index (χ1v) is 8.02. The maximum Gasteiger partial charge on any atom is 0.573 e. The number of nitrogens with zero attached hydrogens (tertiary/aromatic N) is 1. The van der Waals surface area contributed by atoms with Crippen molar-refractivity contribution in [1.82, 2.24) is 0 Å². The number of hydrogen-bond acceptors (Lipinski definition) is 3. The molecule has 0 unspecified atom stereocenters. The van der Waals surface area contributed by atoms with Gasteiger partial charge in [-0.05, 0) is 29.8 Å². The Balaban J connectivity index is 1.96. The van der Waals surface area contributed by atoms with E-state index in [9.17, 15) is 18.4 Å². The Morgan fingerprint density at radius 2 is 1.56 bits per heavy atom. The van der Waals surface area contributed by atoms with E-state index in [4.69, 9.17) is 4.74 Å². The van der Waals surface area contributed by atoms with Crippen molar-refractivity contribution >= 4 is 0 Å². The van der Waals surface area contributed by atoms with Gasteiger partial charge in [-0.3, -0.25) is 0 Å².